The van der Waals surface area contributed by atoms with Crippen molar-refractivity contribution in [1.82, 2.24) is 25.2 Å². The van der Waals surface area contributed by atoms with Crippen LogP contribution in [-0.4, -0.2) is 63.1 Å². The van der Waals surface area contributed by atoms with Gasteiger partial charge in [-0.15, -0.1) is 0 Å². The summed E-state index contributed by atoms with van der Waals surface area (Å²) >= 11 is 7.50. The number of rotatable bonds is 7. The Bertz CT molecular complexity index is 1130. The molecule has 1 aromatic carbocycles. The van der Waals surface area contributed by atoms with Crippen LogP contribution in [0, 0.1) is 0 Å². The molecule has 0 aliphatic carbocycles. The zero-order chi connectivity index (χ0) is 23.9. The molecule has 1 aliphatic heterocycles. The molecule has 4 rings (SSSR count). The van der Waals surface area contributed by atoms with Gasteiger partial charge in [0.1, 0.15) is 11.0 Å². The molecular weight excluding hydrogens is 472 g/mol. The van der Waals surface area contributed by atoms with Crippen LogP contribution in [0.2, 0.25) is 5.15 Å². The summed E-state index contributed by atoms with van der Waals surface area (Å²) in [5.74, 6) is 0.787. The first-order valence-corrected chi connectivity index (χ1v) is 12.3. The Kier molecular flexibility index (Phi) is 7.97. The first-order valence-electron chi connectivity index (χ1n) is 10.9. The normalized spacial score (nSPS) is 15.8. The lowest BCUT2D eigenvalue weighted by atomic mass is 10.1. The lowest BCUT2D eigenvalue weighted by Crippen LogP contribution is -2.54. The molecule has 2 amide bonds. The summed E-state index contributed by atoms with van der Waals surface area (Å²) in [6.45, 7) is 4.30. The Balaban J connectivity index is 1.34. The summed E-state index contributed by atoms with van der Waals surface area (Å²) in [5, 5.41) is 3.63. The number of piperazine rings is 1. The van der Waals surface area contributed by atoms with Crippen LogP contribution in [0.25, 0.3) is 0 Å². The van der Waals surface area contributed by atoms with Crippen LogP contribution < -0.4 is 10.2 Å². The van der Waals surface area contributed by atoms with Crippen molar-refractivity contribution in [3.05, 3.63) is 77.2 Å². The van der Waals surface area contributed by atoms with Crippen LogP contribution in [0.3, 0.4) is 0 Å². The second-order valence-electron chi connectivity index (χ2n) is 7.91. The number of nitrogens with one attached hydrogen (secondary N) is 1. The number of halogens is 1. The third-order valence-electron chi connectivity index (χ3n) is 5.47. The van der Waals surface area contributed by atoms with E-state index in [-0.39, 0.29) is 23.6 Å². The highest BCUT2D eigenvalue weighted by Crippen LogP contribution is 2.24. The van der Waals surface area contributed by atoms with Crippen molar-refractivity contribution >= 4 is 41.0 Å². The van der Waals surface area contributed by atoms with Crippen molar-refractivity contribution < 1.29 is 9.59 Å². The Hall–Kier alpha value is -3.17. The van der Waals surface area contributed by atoms with Gasteiger partial charge < -0.3 is 15.1 Å². The van der Waals surface area contributed by atoms with Gasteiger partial charge in [0.25, 0.3) is 5.91 Å². The number of benzene rings is 1. The maximum absolute atomic E-state index is 12.9. The number of amides is 2. The fraction of sp³-hybridized carbons (Fsp3) is 0.292. The zero-order valence-electron chi connectivity index (χ0n) is 18.7. The van der Waals surface area contributed by atoms with E-state index in [4.69, 9.17) is 11.6 Å². The predicted molar refractivity (Wildman–Crippen MR) is 133 cm³/mol. The summed E-state index contributed by atoms with van der Waals surface area (Å²) in [5.41, 5.74) is 1.67. The zero-order valence-corrected chi connectivity index (χ0v) is 20.3. The fourth-order valence-corrected chi connectivity index (χ4v) is 4.62. The molecule has 0 saturated carbocycles. The van der Waals surface area contributed by atoms with Gasteiger partial charge in [0.2, 0.25) is 5.91 Å². The molecule has 34 heavy (non-hydrogen) atoms. The smallest absolute Gasteiger partial charge is 0.254 e. The van der Waals surface area contributed by atoms with E-state index in [1.165, 1.54) is 11.8 Å². The molecule has 176 valence electrons. The molecule has 1 unspecified atom stereocenters. The molecule has 1 N–H and O–H groups in total. The van der Waals surface area contributed by atoms with E-state index < -0.39 is 0 Å². The highest BCUT2D eigenvalue weighted by Gasteiger charge is 2.29. The first-order chi connectivity index (χ1) is 16.5. The minimum absolute atomic E-state index is 0.00487. The number of aromatic nitrogens is 3. The highest BCUT2D eigenvalue weighted by atomic mass is 35.5. The maximum atomic E-state index is 12.9. The van der Waals surface area contributed by atoms with Crippen LogP contribution in [0.5, 0.6) is 0 Å². The molecule has 8 nitrogen and oxygen atoms in total. The number of hydrogen-bond acceptors (Lipinski definition) is 7. The highest BCUT2D eigenvalue weighted by molar-refractivity contribution is 7.99. The summed E-state index contributed by atoms with van der Waals surface area (Å²) < 4.78 is 0. The van der Waals surface area contributed by atoms with Gasteiger partial charge in [-0.3, -0.25) is 14.6 Å². The van der Waals surface area contributed by atoms with Gasteiger partial charge in [-0.2, -0.15) is 0 Å². The number of thioether (sulfide) groups is 1. The van der Waals surface area contributed by atoms with Crippen molar-refractivity contribution in [1.29, 1.82) is 0 Å². The van der Waals surface area contributed by atoms with Gasteiger partial charge in [-0.1, -0.05) is 41.6 Å². The molecule has 0 radical (unpaired) electrons. The van der Waals surface area contributed by atoms with E-state index in [9.17, 15) is 9.59 Å². The minimum atomic E-state index is -0.117. The largest absolute Gasteiger partial charge is 0.353 e. The Morgan fingerprint density at radius 3 is 2.62 bits per heavy atom. The molecule has 1 aliphatic rings. The number of carbonyl (C=O) groups excluding carboxylic acids is 2. The van der Waals surface area contributed by atoms with Crippen LogP contribution in [-0.2, 0) is 11.3 Å². The van der Waals surface area contributed by atoms with E-state index >= 15 is 0 Å². The fourth-order valence-electron chi connectivity index (χ4n) is 3.71. The van der Waals surface area contributed by atoms with Gasteiger partial charge in [-0.05, 0) is 36.8 Å². The lowest BCUT2D eigenvalue weighted by Gasteiger charge is -2.40. The average molecular weight is 497 g/mol. The predicted octanol–water partition coefficient (Wildman–Crippen LogP) is 3.28. The topological polar surface area (TPSA) is 91.3 Å². The van der Waals surface area contributed by atoms with Crippen molar-refractivity contribution in [3.8, 4) is 0 Å². The molecule has 10 heteroatoms. The Labute approximate surface area is 207 Å². The quantitative estimate of drug-likeness (QED) is 0.305. The van der Waals surface area contributed by atoms with Gasteiger partial charge in [0, 0.05) is 56.2 Å². The number of anilines is 1. The summed E-state index contributed by atoms with van der Waals surface area (Å²) in [6, 6.07) is 14.7. The third-order valence-corrected chi connectivity index (χ3v) is 6.51. The van der Waals surface area contributed by atoms with E-state index in [1.807, 2.05) is 54.3 Å². The van der Waals surface area contributed by atoms with Crippen LogP contribution in [0.1, 0.15) is 22.8 Å². The van der Waals surface area contributed by atoms with Gasteiger partial charge >= 0.3 is 0 Å². The Morgan fingerprint density at radius 2 is 1.88 bits per heavy atom. The van der Waals surface area contributed by atoms with Crippen LogP contribution in [0.4, 0.5) is 5.82 Å². The monoisotopic (exact) mass is 496 g/mol. The van der Waals surface area contributed by atoms with Crippen molar-refractivity contribution in [2.45, 2.75) is 24.7 Å². The van der Waals surface area contributed by atoms with Crippen LogP contribution in [0.15, 0.2) is 66.1 Å². The molecular formula is C24H25ClN6O2S. The third kappa shape index (κ3) is 6.24. The van der Waals surface area contributed by atoms with Gasteiger partial charge in [0.15, 0.2) is 5.16 Å². The lowest BCUT2D eigenvalue weighted by molar-refractivity contribution is -0.118. The van der Waals surface area contributed by atoms with Crippen molar-refractivity contribution in [2.75, 3.05) is 30.3 Å². The van der Waals surface area contributed by atoms with Gasteiger partial charge in [0.05, 0.1) is 5.75 Å². The Morgan fingerprint density at radius 1 is 1.12 bits per heavy atom. The molecule has 0 bridgehead atoms. The molecule has 3 aromatic rings. The maximum Gasteiger partial charge on any atom is 0.254 e. The first kappa shape index (κ1) is 24.0. The molecule has 0 spiro atoms. The van der Waals surface area contributed by atoms with Gasteiger partial charge in [-0.25, -0.2) is 9.97 Å². The SMILES string of the molecule is CC1CN(c2cc(Cl)nc(SCC(=O)NCc3ccncc3)n2)CCN1C(=O)c1ccccc1. The second-order valence-corrected chi connectivity index (χ2v) is 9.24. The summed E-state index contributed by atoms with van der Waals surface area (Å²) in [6.07, 6.45) is 3.38. The molecule has 1 saturated heterocycles. The summed E-state index contributed by atoms with van der Waals surface area (Å²) in [4.78, 5) is 41.9. The number of hydrogen-bond donors (Lipinski definition) is 1. The van der Waals surface area contributed by atoms with Crippen LogP contribution >= 0.6 is 23.4 Å². The number of carbonyl (C=O) groups is 2. The van der Waals surface area contributed by atoms with E-state index in [0.717, 1.165) is 5.56 Å². The molecule has 3 heterocycles. The summed E-state index contributed by atoms with van der Waals surface area (Å²) in [7, 11) is 0. The van der Waals surface area contributed by atoms with Crippen molar-refractivity contribution in [3.63, 3.8) is 0 Å². The molecule has 2 aromatic heterocycles. The van der Waals surface area contributed by atoms with E-state index in [0.29, 0.717) is 47.9 Å². The molecule has 1 atom stereocenters. The second kappa shape index (κ2) is 11.3. The standard InChI is InChI=1S/C24H25ClN6O2S/c1-17-15-30(11-12-31(17)23(33)19-5-3-2-4-6-19)21-13-20(25)28-24(29-21)34-16-22(32)27-14-18-7-9-26-10-8-18/h2-10,13,17H,11-12,14-16H2,1H3,(H,27,32). The van der Waals surface area contributed by atoms with E-state index in [1.54, 1.807) is 18.5 Å². The minimum Gasteiger partial charge on any atom is -0.353 e. The molecule has 1 fully saturated rings. The number of nitrogens with zero attached hydrogens (tertiary/aromatic N) is 5. The average Bonchev–Trinajstić information content (AvgIpc) is 2.86. The number of pyridine rings is 1. The van der Waals surface area contributed by atoms with Crippen molar-refractivity contribution in [2.24, 2.45) is 0 Å². The van der Waals surface area contributed by atoms with E-state index in [2.05, 4.69) is 25.2 Å².